The minimum Gasteiger partial charge on any atom is -0.475 e. The molecule has 0 fully saturated rings. The number of alkyl halides is 3. The molecule has 3 amide bonds. The molecule has 49 heavy (non-hydrogen) atoms. The summed E-state index contributed by atoms with van der Waals surface area (Å²) < 4.78 is 66.3. The Balaban J connectivity index is 0.000000838. The zero-order valence-corrected chi connectivity index (χ0v) is 28.6. The van der Waals surface area contributed by atoms with Crippen LogP contribution in [0.3, 0.4) is 0 Å². The number of hydrogen-bond acceptors (Lipinski definition) is 8. The van der Waals surface area contributed by atoms with Crippen molar-refractivity contribution in [2.45, 2.75) is 30.5 Å². The van der Waals surface area contributed by atoms with Gasteiger partial charge in [-0.15, -0.1) is 0 Å². The van der Waals surface area contributed by atoms with Gasteiger partial charge in [0.05, 0.1) is 23.8 Å². The number of fused-ring (bicyclic) bond motifs is 1. The molecule has 0 aromatic heterocycles. The number of sulfonamides is 1. The minimum atomic E-state index is -5.08. The van der Waals surface area contributed by atoms with Crippen LogP contribution in [0.2, 0.25) is 10.0 Å². The number of nitrogens with two attached hydrogens (primary N) is 1. The number of ether oxygens (including phenoxy) is 1. The number of carboxylic acids is 1. The van der Waals surface area contributed by atoms with Gasteiger partial charge < -0.3 is 25.8 Å². The maximum Gasteiger partial charge on any atom is 0.490 e. The van der Waals surface area contributed by atoms with E-state index < -0.39 is 33.6 Å². The summed E-state index contributed by atoms with van der Waals surface area (Å²) in [5.74, 6) is -3.53. The van der Waals surface area contributed by atoms with Gasteiger partial charge in [0, 0.05) is 53.0 Å². The van der Waals surface area contributed by atoms with Gasteiger partial charge in [-0.05, 0) is 62.4 Å². The van der Waals surface area contributed by atoms with Gasteiger partial charge in [0.1, 0.15) is 0 Å². The van der Waals surface area contributed by atoms with Crippen molar-refractivity contribution >= 4 is 62.5 Å². The number of carboxylic acid groups (broad SMARTS) is 1. The predicted octanol–water partition coefficient (Wildman–Crippen LogP) is 5.04. The fourth-order valence-electron chi connectivity index (χ4n) is 4.92. The summed E-state index contributed by atoms with van der Waals surface area (Å²) in [5, 5.41) is 13.7. The lowest BCUT2D eigenvalue weighted by Gasteiger charge is -2.31. The Morgan fingerprint density at radius 1 is 1.00 bits per heavy atom. The van der Waals surface area contributed by atoms with Crippen molar-refractivity contribution in [3.05, 3.63) is 87.9 Å². The first-order valence-electron chi connectivity index (χ1n) is 14.7. The summed E-state index contributed by atoms with van der Waals surface area (Å²) in [6.07, 6.45) is -5.08. The van der Waals surface area contributed by atoms with Crippen LogP contribution in [-0.4, -0.2) is 81.9 Å². The van der Waals surface area contributed by atoms with Crippen molar-refractivity contribution in [1.29, 1.82) is 0 Å². The van der Waals surface area contributed by atoms with E-state index in [-0.39, 0.29) is 34.8 Å². The normalized spacial score (nSPS) is 15.7. The molecule has 12 nitrogen and oxygen atoms in total. The third-order valence-electron chi connectivity index (χ3n) is 7.20. The average Bonchev–Trinajstić information content (AvgIpc) is 3.29. The number of carbonyl (C=O) groups is 3. The van der Waals surface area contributed by atoms with Crippen LogP contribution >= 0.6 is 23.2 Å². The first kappa shape index (κ1) is 39.5. The summed E-state index contributed by atoms with van der Waals surface area (Å²) in [6.45, 7) is 5.81. The molecular weight excluding hydrogens is 714 g/mol. The number of hydrogen-bond donors (Lipinski definition) is 4. The van der Waals surface area contributed by atoms with Crippen LogP contribution in [0.4, 0.5) is 29.3 Å². The molecule has 266 valence electrons. The second-order valence-corrected chi connectivity index (χ2v) is 12.9. The average molecular weight is 749 g/mol. The lowest BCUT2D eigenvalue weighted by atomic mass is 9.83. The van der Waals surface area contributed by atoms with Gasteiger partial charge in [0.2, 0.25) is 0 Å². The highest BCUT2D eigenvalue weighted by Gasteiger charge is 2.56. The molecule has 0 aliphatic carbocycles. The summed E-state index contributed by atoms with van der Waals surface area (Å²) in [4.78, 5) is 37.3. The topological polar surface area (TPSA) is 171 Å². The number of amides is 3. The van der Waals surface area contributed by atoms with Gasteiger partial charge in [-0.2, -0.15) is 13.2 Å². The van der Waals surface area contributed by atoms with Crippen molar-refractivity contribution in [3.63, 3.8) is 0 Å². The van der Waals surface area contributed by atoms with Gasteiger partial charge in [0.15, 0.2) is 5.54 Å². The van der Waals surface area contributed by atoms with E-state index in [2.05, 4.69) is 10.6 Å². The smallest absolute Gasteiger partial charge is 0.475 e. The number of carbonyl (C=O) groups excluding carboxylic acids is 2. The monoisotopic (exact) mass is 747 g/mol. The summed E-state index contributed by atoms with van der Waals surface area (Å²) in [7, 11) is -4.43. The third-order valence-corrected chi connectivity index (χ3v) is 9.48. The molecule has 0 saturated heterocycles. The standard InChI is InChI=1S/C29H33Cl2N5O5S.C2HF3O2/c1-3-35(4-2)28(38)34-21-10-12-22(13-11-21)42(39,40)36-26-14-9-20(30)19-24(26)29(27(36)37,33-16-18-41-17-15-32)23-7-5-6-8-25(23)31;3-2(4,5)1(6)7/h5-14,19,33H,3-4,15-18,32H2,1-2H3,(H,34,38);(H,6,7). The number of halogens is 5. The van der Waals surface area contributed by atoms with Crippen molar-refractivity contribution in [3.8, 4) is 0 Å². The molecule has 1 unspecified atom stereocenters. The van der Waals surface area contributed by atoms with Crippen LogP contribution < -0.4 is 20.7 Å². The van der Waals surface area contributed by atoms with Crippen LogP contribution in [-0.2, 0) is 29.9 Å². The maximum atomic E-state index is 14.5. The van der Waals surface area contributed by atoms with Crippen LogP contribution in [0.5, 0.6) is 0 Å². The van der Waals surface area contributed by atoms with E-state index in [1.165, 1.54) is 36.4 Å². The Morgan fingerprint density at radius 2 is 1.61 bits per heavy atom. The number of urea groups is 1. The van der Waals surface area contributed by atoms with Crippen LogP contribution in [0.15, 0.2) is 71.6 Å². The van der Waals surface area contributed by atoms with Gasteiger partial charge in [-0.1, -0.05) is 41.4 Å². The summed E-state index contributed by atoms with van der Waals surface area (Å²) in [6, 6.07) is 16.7. The molecule has 5 N–H and O–H groups in total. The second kappa shape index (κ2) is 16.7. The maximum absolute atomic E-state index is 14.5. The fourth-order valence-corrected chi connectivity index (χ4v) is 6.83. The number of aliphatic carboxylic acids is 1. The molecule has 1 aliphatic rings. The first-order chi connectivity index (χ1) is 23.1. The molecule has 1 atom stereocenters. The molecule has 1 heterocycles. The largest absolute Gasteiger partial charge is 0.490 e. The highest BCUT2D eigenvalue weighted by atomic mass is 35.5. The Bertz CT molecular complexity index is 1760. The summed E-state index contributed by atoms with van der Waals surface area (Å²) >= 11 is 13.0. The highest BCUT2D eigenvalue weighted by molar-refractivity contribution is 7.93. The number of nitrogens with zero attached hydrogens (tertiary/aromatic N) is 2. The Hall–Kier alpha value is -3.93. The van der Waals surface area contributed by atoms with Crippen LogP contribution in [0, 0.1) is 0 Å². The molecule has 1 aliphatic heterocycles. The molecule has 0 spiro atoms. The number of rotatable bonds is 12. The molecule has 4 rings (SSSR count). The van der Waals surface area contributed by atoms with Crippen molar-refractivity contribution in [1.82, 2.24) is 10.2 Å². The fraction of sp³-hybridized carbons (Fsp3) is 0.323. The van der Waals surface area contributed by atoms with Crippen molar-refractivity contribution in [2.24, 2.45) is 5.73 Å². The molecule has 0 bridgehead atoms. The summed E-state index contributed by atoms with van der Waals surface area (Å²) in [5.41, 5.74) is 5.09. The van der Waals surface area contributed by atoms with E-state index in [1.807, 2.05) is 13.8 Å². The molecule has 3 aromatic carbocycles. The lowest BCUT2D eigenvalue weighted by Crippen LogP contribution is -2.53. The lowest BCUT2D eigenvalue weighted by molar-refractivity contribution is -0.192. The van der Waals surface area contributed by atoms with E-state index in [1.54, 1.807) is 35.2 Å². The SMILES string of the molecule is CCN(CC)C(=O)Nc1ccc(S(=O)(=O)N2C(=O)C(NCCOCCN)(c3ccccc3Cl)c3cc(Cl)ccc32)cc1.O=C(O)C(F)(F)F. The molecule has 3 aromatic rings. The molecule has 0 radical (unpaired) electrons. The zero-order valence-electron chi connectivity index (χ0n) is 26.3. The Morgan fingerprint density at radius 3 is 2.16 bits per heavy atom. The van der Waals surface area contributed by atoms with Gasteiger partial charge in [-0.3, -0.25) is 10.1 Å². The van der Waals surface area contributed by atoms with Gasteiger partial charge in [-0.25, -0.2) is 22.3 Å². The number of benzene rings is 3. The first-order valence-corrected chi connectivity index (χ1v) is 16.9. The minimum absolute atomic E-state index is 0.138. The third kappa shape index (κ3) is 8.81. The quantitative estimate of drug-likeness (QED) is 0.185. The number of nitrogens with one attached hydrogen (secondary N) is 2. The van der Waals surface area contributed by atoms with E-state index in [0.29, 0.717) is 48.1 Å². The zero-order chi connectivity index (χ0) is 36.6. The van der Waals surface area contributed by atoms with E-state index >= 15 is 0 Å². The van der Waals surface area contributed by atoms with Gasteiger partial charge in [0.25, 0.3) is 15.9 Å². The molecular formula is C31H34Cl2F3N5O7S. The van der Waals surface area contributed by atoms with Crippen molar-refractivity contribution in [2.75, 3.05) is 49.0 Å². The molecule has 18 heteroatoms. The van der Waals surface area contributed by atoms with Crippen LogP contribution in [0.25, 0.3) is 0 Å². The van der Waals surface area contributed by atoms with E-state index in [0.717, 1.165) is 4.31 Å². The van der Waals surface area contributed by atoms with E-state index in [4.69, 9.17) is 43.6 Å². The highest BCUT2D eigenvalue weighted by Crippen LogP contribution is 2.49. The van der Waals surface area contributed by atoms with Crippen LogP contribution in [0.1, 0.15) is 25.0 Å². The Labute approximate surface area is 291 Å². The predicted molar refractivity (Wildman–Crippen MR) is 178 cm³/mol. The van der Waals surface area contributed by atoms with E-state index in [9.17, 15) is 31.2 Å². The van der Waals surface area contributed by atoms with Gasteiger partial charge >= 0.3 is 18.2 Å². The van der Waals surface area contributed by atoms with Crippen molar-refractivity contribution < 1.29 is 45.8 Å². The number of anilines is 2. The molecule has 0 saturated carbocycles. The Kier molecular flexibility index (Phi) is 13.4. The second-order valence-electron chi connectivity index (χ2n) is 10.2.